The fraction of sp³-hybridized carbons (Fsp3) is 0.769. The van der Waals surface area contributed by atoms with Crippen molar-refractivity contribution in [2.45, 2.75) is 58.0 Å². The largest absolute Gasteiger partial charge is 0.305 e. The van der Waals surface area contributed by atoms with Gasteiger partial charge in [-0.05, 0) is 25.7 Å². The van der Waals surface area contributed by atoms with E-state index in [2.05, 4.69) is 29.5 Å². The molecule has 2 rings (SSSR count). The Hall–Kier alpha value is -0.410. The van der Waals surface area contributed by atoms with Crippen molar-refractivity contribution in [3.05, 3.63) is 16.6 Å². The third kappa shape index (κ3) is 3.05. The lowest BCUT2D eigenvalue weighted by Gasteiger charge is -2.31. The Morgan fingerprint density at radius 2 is 2.44 bits per heavy atom. The maximum absolute atomic E-state index is 4.38. The summed E-state index contributed by atoms with van der Waals surface area (Å²) in [6.07, 6.45) is 8.75. The highest BCUT2D eigenvalue weighted by Gasteiger charge is 2.22. The van der Waals surface area contributed by atoms with Gasteiger partial charge in [0.05, 0.1) is 6.04 Å². The number of nitrogens with one attached hydrogen (secondary N) is 1. The molecule has 0 bridgehead atoms. The summed E-state index contributed by atoms with van der Waals surface area (Å²) in [7, 11) is 0. The smallest absolute Gasteiger partial charge is 0.109 e. The fourth-order valence-electron chi connectivity index (χ4n) is 2.69. The molecule has 0 radical (unpaired) electrons. The summed E-state index contributed by atoms with van der Waals surface area (Å²) in [5.74, 6) is 0.940. The van der Waals surface area contributed by atoms with Gasteiger partial charge in [0.2, 0.25) is 0 Å². The average Bonchev–Trinajstić information content (AvgIpc) is 2.83. The predicted molar refractivity (Wildman–Crippen MR) is 69.7 cm³/mol. The molecule has 1 N–H and O–H groups in total. The van der Waals surface area contributed by atoms with Crippen molar-refractivity contribution >= 4 is 11.3 Å². The van der Waals surface area contributed by atoms with E-state index in [9.17, 15) is 0 Å². The van der Waals surface area contributed by atoms with Gasteiger partial charge in [-0.1, -0.05) is 26.2 Å². The molecule has 1 aromatic heterocycles. The van der Waals surface area contributed by atoms with Gasteiger partial charge < -0.3 is 5.32 Å². The maximum Gasteiger partial charge on any atom is 0.109 e. The second-order valence-corrected chi connectivity index (χ2v) is 5.82. The zero-order chi connectivity index (χ0) is 11.4. The third-order valence-corrected chi connectivity index (χ3v) is 4.63. The molecule has 0 saturated heterocycles. The molecule has 2 nitrogen and oxygen atoms in total. The van der Waals surface area contributed by atoms with Crippen LogP contribution in [0, 0.1) is 5.92 Å². The highest BCUT2D eigenvalue weighted by molar-refractivity contribution is 7.09. The van der Waals surface area contributed by atoms with Crippen molar-refractivity contribution in [3.8, 4) is 0 Å². The molecule has 1 fully saturated rings. The van der Waals surface area contributed by atoms with Gasteiger partial charge >= 0.3 is 0 Å². The Bertz CT molecular complexity index is 297. The summed E-state index contributed by atoms with van der Waals surface area (Å²) >= 11 is 1.75. The van der Waals surface area contributed by atoms with E-state index < -0.39 is 0 Å². The van der Waals surface area contributed by atoms with Gasteiger partial charge in [-0.25, -0.2) is 4.98 Å². The molecular weight excluding hydrogens is 216 g/mol. The molecule has 1 saturated carbocycles. The molecule has 0 aliphatic heterocycles. The van der Waals surface area contributed by atoms with Crippen molar-refractivity contribution in [2.75, 3.05) is 0 Å². The van der Waals surface area contributed by atoms with Crippen molar-refractivity contribution in [1.82, 2.24) is 10.3 Å². The van der Waals surface area contributed by atoms with Gasteiger partial charge in [-0.3, -0.25) is 0 Å². The minimum Gasteiger partial charge on any atom is -0.305 e. The van der Waals surface area contributed by atoms with Crippen LogP contribution in [0.25, 0.3) is 0 Å². The molecule has 3 heteroatoms. The predicted octanol–water partition coefficient (Wildman–Crippen LogP) is 3.76. The van der Waals surface area contributed by atoms with Crippen molar-refractivity contribution < 1.29 is 0 Å². The molecule has 1 aliphatic carbocycles. The SMILES string of the molecule is CCC1CCCC(NC(C)c2nccs2)C1. The first-order chi connectivity index (χ1) is 7.79. The van der Waals surface area contributed by atoms with E-state index >= 15 is 0 Å². The first kappa shape index (κ1) is 12.1. The molecule has 3 unspecified atom stereocenters. The monoisotopic (exact) mass is 238 g/mol. The zero-order valence-electron chi connectivity index (χ0n) is 10.3. The number of aromatic nitrogens is 1. The van der Waals surface area contributed by atoms with Crippen LogP contribution in [0.4, 0.5) is 0 Å². The molecule has 0 aromatic carbocycles. The molecule has 0 amide bonds. The summed E-state index contributed by atoms with van der Waals surface area (Å²) in [6, 6.07) is 1.12. The van der Waals surface area contributed by atoms with Crippen molar-refractivity contribution in [2.24, 2.45) is 5.92 Å². The van der Waals surface area contributed by atoms with E-state index in [0.717, 1.165) is 5.92 Å². The van der Waals surface area contributed by atoms with Crippen LogP contribution in [0.5, 0.6) is 0 Å². The molecule has 3 atom stereocenters. The summed E-state index contributed by atoms with van der Waals surface area (Å²) < 4.78 is 0. The molecule has 0 spiro atoms. The summed E-state index contributed by atoms with van der Waals surface area (Å²) in [5, 5.41) is 7.01. The van der Waals surface area contributed by atoms with Crippen LogP contribution in [0.3, 0.4) is 0 Å². The second-order valence-electron chi connectivity index (χ2n) is 4.90. The topological polar surface area (TPSA) is 24.9 Å². The molecule has 1 heterocycles. The molecular formula is C13H22N2S. The van der Waals surface area contributed by atoms with Gasteiger partial charge in [0.15, 0.2) is 0 Å². The van der Waals surface area contributed by atoms with Gasteiger partial charge in [0, 0.05) is 17.6 Å². The van der Waals surface area contributed by atoms with E-state index in [1.807, 2.05) is 6.20 Å². The molecule has 1 aliphatic rings. The number of hydrogen-bond acceptors (Lipinski definition) is 3. The van der Waals surface area contributed by atoms with Gasteiger partial charge in [-0.15, -0.1) is 11.3 Å². The summed E-state index contributed by atoms with van der Waals surface area (Å²) in [6.45, 7) is 4.55. The Kier molecular flexibility index (Phi) is 4.36. The van der Waals surface area contributed by atoms with Crippen LogP contribution in [0.2, 0.25) is 0 Å². The first-order valence-electron chi connectivity index (χ1n) is 6.45. The lowest BCUT2D eigenvalue weighted by Crippen LogP contribution is -2.35. The van der Waals surface area contributed by atoms with E-state index in [1.165, 1.54) is 37.1 Å². The van der Waals surface area contributed by atoms with E-state index in [-0.39, 0.29) is 0 Å². The van der Waals surface area contributed by atoms with E-state index in [0.29, 0.717) is 12.1 Å². The zero-order valence-corrected chi connectivity index (χ0v) is 11.1. The van der Waals surface area contributed by atoms with Crippen LogP contribution < -0.4 is 5.32 Å². The van der Waals surface area contributed by atoms with E-state index in [1.54, 1.807) is 11.3 Å². The van der Waals surface area contributed by atoms with Crippen LogP contribution in [-0.2, 0) is 0 Å². The van der Waals surface area contributed by atoms with E-state index in [4.69, 9.17) is 0 Å². The first-order valence-corrected chi connectivity index (χ1v) is 7.33. The van der Waals surface area contributed by atoms with Crippen LogP contribution in [0.1, 0.15) is 57.0 Å². The molecule has 90 valence electrons. The molecule has 16 heavy (non-hydrogen) atoms. The summed E-state index contributed by atoms with van der Waals surface area (Å²) in [4.78, 5) is 4.38. The second kappa shape index (κ2) is 5.78. The average molecular weight is 238 g/mol. The lowest BCUT2D eigenvalue weighted by atomic mass is 9.84. The Morgan fingerprint density at radius 3 is 3.12 bits per heavy atom. The highest BCUT2D eigenvalue weighted by atomic mass is 32.1. The van der Waals surface area contributed by atoms with Gasteiger partial charge in [0.1, 0.15) is 5.01 Å². The fourth-order valence-corrected chi connectivity index (χ4v) is 3.34. The van der Waals surface area contributed by atoms with Crippen molar-refractivity contribution in [3.63, 3.8) is 0 Å². The van der Waals surface area contributed by atoms with Gasteiger partial charge in [-0.2, -0.15) is 0 Å². The van der Waals surface area contributed by atoms with Crippen molar-refractivity contribution in [1.29, 1.82) is 0 Å². The maximum atomic E-state index is 4.38. The van der Waals surface area contributed by atoms with Crippen LogP contribution in [-0.4, -0.2) is 11.0 Å². The Balaban J connectivity index is 1.84. The lowest BCUT2D eigenvalue weighted by molar-refractivity contribution is 0.266. The molecule has 1 aromatic rings. The van der Waals surface area contributed by atoms with Crippen LogP contribution >= 0.6 is 11.3 Å². The number of rotatable bonds is 4. The third-order valence-electron chi connectivity index (χ3n) is 3.67. The minimum atomic E-state index is 0.417. The number of thiazole rings is 1. The highest BCUT2D eigenvalue weighted by Crippen LogP contribution is 2.28. The number of hydrogen-bond donors (Lipinski definition) is 1. The Labute approximate surface area is 102 Å². The standard InChI is InChI=1S/C13H22N2S/c1-3-11-5-4-6-12(9-11)15-10(2)13-14-7-8-16-13/h7-8,10-12,15H,3-6,9H2,1-2H3. The van der Waals surface area contributed by atoms with Crippen LogP contribution in [0.15, 0.2) is 11.6 Å². The Morgan fingerprint density at radius 1 is 1.56 bits per heavy atom. The number of nitrogens with zero attached hydrogens (tertiary/aromatic N) is 1. The minimum absolute atomic E-state index is 0.417. The normalized spacial score (nSPS) is 27.9. The summed E-state index contributed by atoms with van der Waals surface area (Å²) in [5.41, 5.74) is 0. The quantitative estimate of drug-likeness (QED) is 0.864. The van der Waals surface area contributed by atoms with Gasteiger partial charge in [0.25, 0.3) is 0 Å².